The summed E-state index contributed by atoms with van der Waals surface area (Å²) in [7, 11) is 0. The third-order valence-electron chi connectivity index (χ3n) is 4.99. The van der Waals surface area contributed by atoms with Crippen molar-refractivity contribution in [1.82, 2.24) is 14.9 Å². The zero-order chi connectivity index (χ0) is 19.3. The molecule has 144 valence electrons. The summed E-state index contributed by atoms with van der Waals surface area (Å²) in [5, 5.41) is 0.444. The summed E-state index contributed by atoms with van der Waals surface area (Å²) < 4.78 is 6.49. The predicted octanol–water partition coefficient (Wildman–Crippen LogP) is 4.63. The molecule has 2 aliphatic rings. The first-order chi connectivity index (χ1) is 12.7. The molecule has 2 aliphatic heterocycles. The number of halogens is 2. The molecule has 0 saturated carbocycles. The highest BCUT2D eigenvalue weighted by atomic mass is 79.9. The summed E-state index contributed by atoms with van der Waals surface area (Å²) in [5.74, 6) is 0. The van der Waals surface area contributed by atoms with Gasteiger partial charge >= 0.3 is 6.09 Å². The van der Waals surface area contributed by atoms with Crippen molar-refractivity contribution in [2.75, 3.05) is 18.0 Å². The monoisotopic (exact) mass is 452 g/mol. The average molecular weight is 454 g/mol. The number of carbonyl (C=O) groups is 1. The Balaban J connectivity index is 1.62. The minimum atomic E-state index is -0.486. The lowest BCUT2D eigenvalue weighted by molar-refractivity contribution is 0.0123. The van der Waals surface area contributed by atoms with Crippen LogP contribution in [0.5, 0.6) is 0 Å². The van der Waals surface area contributed by atoms with E-state index in [1.165, 1.54) is 0 Å². The van der Waals surface area contributed by atoms with Crippen LogP contribution in [-0.4, -0.2) is 51.7 Å². The fourth-order valence-corrected chi connectivity index (χ4v) is 4.51. The van der Waals surface area contributed by atoms with E-state index in [0.29, 0.717) is 5.15 Å². The maximum atomic E-state index is 12.7. The molecule has 6 nitrogen and oxygen atoms in total. The fourth-order valence-electron chi connectivity index (χ4n) is 3.99. The van der Waals surface area contributed by atoms with Crippen molar-refractivity contribution in [3.8, 4) is 0 Å². The van der Waals surface area contributed by atoms with E-state index in [2.05, 4.69) is 30.8 Å². The van der Waals surface area contributed by atoms with Gasteiger partial charge in [-0.05, 0) is 55.6 Å². The summed E-state index contributed by atoms with van der Waals surface area (Å²) in [4.78, 5) is 25.8. The summed E-state index contributed by atoms with van der Waals surface area (Å²) in [5.41, 5.74) is 2.07. The smallest absolute Gasteiger partial charge is 0.410 e. The van der Waals surface area contributed by atoms with Crippen molar-refractivity contribution in [2.24, 2.45) is 0 Å². The Morgan fingerprint density at radius 3 is 2.56 bits per heavy atom. The molecule has 2 aromatic rings. The number of piperazine rings is 1. The number of nitrogens with zero attached hydrogens (tertiary/aromatic N) is 4. The van der Waals surface area contributed by atoms with Gasteiger partial charge in [0.25, 0.3) is 0 Å². The first-order valence-corrected chi connectivity index (χ1v) is 10.3. The average Bonchev–Trinajstić information content (AvgIpc) is 2.82. The molecule has 2 unspecified atom stereocenters. The van der Waals surface area contributed by atoms with Crippen LogP contribution in [0.2, 0.25) is 5.15 Å². The minimum Gasteiger partial charge on any atom is -0.444 e. The first kappa shape index (κ1) is 18.7. The number of hydrogen-bond acceptors (Lipinski definition) is 5. The lowest BCUT2D eigenvalue weighted by atomic mass is 10.1. The molecule has 0 radical (unpaired) electrons. The molecule has 1 amide bonds. The van der Waals surface area contributed by atoms with Gasteiger partial charge in [-0.3, -0.25) is 9.88 Å². The van der Waals surface area contributed by atoms with E-state index in [1.54, 1.807) is 6.20 Å². The third kappa shape index (κ3) is 3.72. The van der Waals surface area contributed by atoms with Gasteiger partial charge in [0, 0.05) is 29.8 Å². The Morgan fingerprint density at radius 1 is 1.26 bits per heavy atom. The van der Waals surface area contributed by atoms with Crippen molar-refractivity contribution in [2.45, 2.75) is 51.3 Å². The van der Waals surface area contributed by atoms with E-state index >= 15 is 0 Å². The van der Waals surface area contributed by atoms with Gasteiger partial charge < -0.3 is 9.64 Å². The number of aromatic nitrogens is 2. The number of pyridine rings is 2. The van der Waals surface area contributed by atoms with Crippen LogP contribution in [0.25, 0.3) is 11.0 Å². The van der Waals surface area contributed by atoms with E-state index in [1.807, 2.05) is 37.8 Å². The second-order valence-corrected chi connectivity index (χ2v) is 9.47. The molecule has 0 aromatic carbocycles. The second-order valence-electron chi connectivity index (χ2n) is 8.16. The van der Waals surface area contributed by atoms with Gasteiger partial charge in [0.2, 0.25) is 0 Å². The Hall–Kier alpha value is -1.60. The third-order valence-corrected chi connectivity index (χ3v) is 5.61. The quantitative estimate of drug-likeness (QED) is 0.589. The molecule has 2 bridgehead atoms. The van der Waals surface area contributed by atoms with Crippen LogP contribution in [0.15, 0.2) is 22.8 Å². The molecule has 2 fully saturated rings. The van der Waals surface area contributed by atoms with Crippen LogP contribution in [0.1, 0.15) is 33.6 Å². The Morgan fingerprint density at radius 2 is 1.93 bits per heavy atom. The van der Waals surface area contributed by atoms with E-state index in [9.17, 15) is 4.79 Å². The summed E-state index contributed by atoms with van der Waals surface area (Å²) in [6.45, 7) is 7.18. The zero-order valence-corrected chi connectivity index (χ0v) is 17.9. The summed E-state index contributed by atoms with van der Waals surface area (Å²) >= 11 is 9.71. The van der Waals surface area contributed by atoms with Crippen LogP contribution >= 0.6 is 27.5 Å². The predicted molar refractivity (Wildman–Crippen MR) is 109 cm³/mol. The van der Waals surface area contributed by atoms with Crippen LogP contribution < -0.4 is 4.90 Å². The summed E-state index contributed by atoms with van der Waals surface area (Å²) in [6.07, 6.45) is 3.52. The van der Waals surface area contributed by atoms with Gasteiger partial charge in [0.1, 0.15) is 16.3 Å². The molecule has 2 saturated heterocycles. The topological polar surface area (TPSA) is 58.6 Å². The molecule has 0 aliphatic carbocycles. The highest BCUT2D eigenvalue weighted by molar-refractivity contribution is 9.10. The standard InChI is InChI=1S/C19H22BrClN4O2/c1-19(2,3)27-18(26)25-12-4-5-13(25)10-24(9-12)15-7-16(21)23-14-6-11(20)8-22-17(14)15/h6-8,12-13H,4-5,9-10H2,1-3H3. The number of hydrogen-bond donors (Lipinski definition) is 0. The highest BCUT2D eigenvalue weighted by Crippen LogP contribution is 2.36. The van der Waals surface area contributed by atoms with Crippen LogP contribution in [0.3, 0.4) is 0 Å². The number of fused-ring (bicyclic) bond motifs is 3. The van der Waals surface area contributed by atoms with Gasteiger partial charge in [-0.1, -0.05) is 11.6 Å². The van der Waals surface area contributed by atoms with Crippen molar-refractivity contribution < 1.29 is 9.53 Å². The molecule has 4 rings (SSSR count). The number of amides is 1. The van der Waals surface area contributed by atoms with Gasteiger partial charge in [0.15, 0.2) is 0 Å². The molecule has 4 heterocycles. The van der Waals surface area contributed by atoms with Crippen molar-refractivity contribution in [3.63, 3.8) is 0 Å². The summed E-state index contributed by atoms with van der Waals surface area (Å²) in [6, 6.07) is 4.06. The van der Waals surface area contributed by atoms with Gasteiger partial charge in [-0.25, -0.2) is 9.78 Å². The van der Waals surface area contributed by atoms with E-state index in [0.717, 1.165) is 47.1 Å². The lowest BCUT2D eigenvalue weighted by Gasteiger charge is -2.42. The van der Waals surface area contributed by atoms with E-state index < -0.39 is 5.60 Å². The van der Waals surface area contributed by atoms with Crippen LogP contribution in [0, 0.1) is 0 Å². The number of rotatable bonds is 1. The molecular formula is C19H22BrClN4O2. The fraction of sp³-hybridized carbons (Fsp3) is 0.526. The molecule has 2 aromatic heterocycles. The first-order valence-electron chi connectivity index (χ1n) is 9.09. The Labute approximate surface area is 172 Å². The van der Waals surface area contributed by atoms with Crippen molar-refractivity contribution >= 4 is 50.3 Å². The molecule has 0 N–H and O–H groups in total. The van der Waals surface area contributed by atoms with E-state index in [-0.39, 0.29) is 18.2 Å². The van der Waals surface area contributed by atoms with Crippen molar-refractivity contribution in [1.29, 1.82) is 0 Å². The maximum absolute atomic E-state index is 12.7. The normalized spacial score (nSPS) is 22.4. The van der Waals surface area contributed by atoms with Crippen molar-refractivity contribution in [3.05, 3.63) is 28.0 Å². The molecular weight excluding hydrogens is 432 g/mol. The van der Waals surface area contributed by atoms with Gasteiger partial charge in [0.05, 0.1) is 23.3 Å². The number of anilines is 1. The molecule has 8 heteroatoms. The largest absolute Gasteiger partial charge is 0.444 e. The van der Waals surface area contributed by atoms with Gasteiger partial charge in [-0.2, -0.15) is 0 Å². The molecule has 2 atom stereocenters. The van der Waals surface area contributed by atoms with Crippen LogP contribution in [-0.2, 0) is 4.74 Å². The van der Waals surface area contributed by atoms with Crippen LogP contribution in [0.4, 0.5) is 10.5 Å². The van der Waals surface area contributed by atoms with E-state index in [4.69, 9.17) is 16.3 Å². The maximum Gasteiger partial charge on any atom is 0.410 e. The lowest BCUT2D eigenvalue weighted by Crippen LogP contribution is -2.56. The number of ether oxygens (including phenoxy) is 1. The molecule has 0 spiro atoms. The minimum absolute atomic E-state index is 0.135. The Kier molecular flexibility index (Phi) is 4.71. The SMILES string of the molecule is CC(C)(C)OC(=O)N1C2CCC1CN(c1cc(Cl)nc3cc(Br)cnc13)C2. The zero-order valence-electron chi connectivity index (χ0n) is 15.6. The Bertz CT molecular complexity index is 882. The highest BCUT2D eigenvalue weighted by Gasteiger charge is 2.44. The number of carbonyl (C=O) groups excluding carboxylic acids is 1. The second kappa shape index (κ2) is 6.78. The van der Waals surface area contributed by atoms with Gasteiger partial charge in [-0.15, -0.1) is 0 Å². The molecule has 27 heavy (non-hydrogen) atoms.